The predicted molar refractivity (Wildman–Crippen MR) is 111 cm³/mol. The van der Waals surface area contributed by atoms with E-state index in [1.54, 1.807) is 18.2 Å². The molecule has 3 aromatic rings. The average Bonchev–Trinajstić information content (AvgIpc) is 2.96. The van der Waals surface area contributed by atoms with Crippen LogP contribution in [0.3, 0.4) is 0 Å². The zero-order valence-electron chi connectivity index (χ0n) is 15.9. The highest BCUT2D eigenvalue weighted by Gasteiger charge is 2.16. The number of benzene rings is 2. The number of halogens is 1. The Morgan fingerprint density at radius 1 is 1.14 bits per heavy atom. The van der Waals surface area contributed by atoms with Gasteiger partial charge in [0.25, 0.3) is 0 Å². The van der Waals surface area contributed by atoms with Gasteiger partial charge in [-0.2, -0.15) is 0 Å². The number of hydrogen-bond donors (Lipinski definition) is 1. The SMILES string of the molecule is COC(=O)c1cc(CNC(=O)Cn2c(C)c(Br)c3ccccc32)ccc1OC. The van der Waals surface area contributed by atoms with E-state index in [9.17, 15) is 9.59 Å². The third-order valence-corrected chi connectivity index (χ3v) is 5.62. The first-order valence-corrected chi connectivity index (χ1v) is 9.50. The molecular formula is C21H21BrN2O4. The summed E-state index contributed by atoms with van der Waals surface area (Å²) in [6.45, 7) is 2.48. The summed E-state index contributed by atoms with van der Waals surface area (Å²) in [6, 6.07) is 13.1. The molecule has 0 radical (unpaired) electrons. The highest BCUT2D eigenvalue weighted by molar-refractivity contribution is 9.10. The number of rotatable bonds is 6. The van der Waals surface area contributed by atoms with Crippen molar-refractivity contribution in [3.63, 3.8) is 0 Å². The van der Waals surface area contributed by atoms with E-state index in [1.807, 2.05) is 35.8 Å². The maximum Gasteiger partial charge on any atom is 0.341 e. The summed E-state index contributed by atoms with van der Waals surface area (Å²) in [5.41, 5.74) is 3.10. The van der Waals surface area contributed by atoms with Gasteiger partial charge < -0.3 is 19.4 Å². The Balaban J connectivity index is 1.74. The normalized spacial score (nSPS) is 10.7. The molecule has 1 aromatic heterocycles. The molecular weight excluding hydrogens is 424 g/mol. The van der Waals surface area contributed by atoms with Gasteiger partial charge in [0.1, 0.15) is 17.9 Å². The van der Waals surface area contributed by atoms with Crippen LogP contribution >= 0.6 is 15.9 Å². The van der Waals surface area contributed by atoms with Crippen molar-refractivity contribution in [3.8, 4) is 5.75 Å². The Labute approximate surface area is 171 Å². The highest BCUT2D eigenvalue weighted by Crippen LogP contribution is 2.30. The van der Waals surface area contributed by atoms with Crippen LogP contribution in [0.2, 0.25) is 0 Å². The smallest absolute Gasteiger partial charge is 0.341 e. The molecule has 0 aliphatic heterocycles. The lowest BCUT2D eigenvalue weighted by Crippen LogP contribution is -2.27. The lowest BCUT2D eigenvalue weighted by molar-refractivity contribution is -0.121. The molecule has 0 spiro atoms. The van der Waals surface area contributed by atoms with Gasteiger partial charge in [-0.15, -0.1) is 0 Å². The molecule has 146 valence electrons. The second kappa shape index (κ2) is 8.48. The Morgan fingerprint density at radius 3 is 2.61 bits per heavy atom. The average molecular weight is 445 g/mol. The Kier molecular flexibility index (Phi) is 6.04. The zero-order valence-corrected chi connectivity index (χ0v) is 17.5. The second-order valence-corrected chi connectivity index (χ2v) is 7.10. The molecule has 1 heterocycles. The maximum atomic E-state index is 12.5. The lowest BCUT2D eigenvalue weighted by atomic mass is 10.1. The van der Waals surface area contributed by atoms with Crippen molar-refractivity contribution in [3.05, 3.63) is 63.8 Å². The van der Waals surface area contributed by atoms with Gasteiger partial charge in [0, 0.05) is 27.6 Å². The molecule has 6 nitrogen and oxygen atoms in total. The summed E-state index contributed by atoms with van der Waals surface area (Å²) in [5.74, 6) is -0.169. The van der Waals surface area contributed by atoms with Gasteiger partial charge in [-0.05, 0) is 46.6 Å². The van der Waals surface area contributed by atoms with Crippen LogP contribution in [0.25, 0.3) is 10.9 Å². The number of methoxy groups -OCH3 is 2. The number of aromatic nitrogens is 1. The van der Waals surface area contributed by atoms with E-state index in [4.69, 9.17) is 9.47 Å². The topological polar surface area (TPSA) is 69.6 Å². The number of ether oxygens (including phenoxy) is 2. The molecule has 0 aliphatic rings. The maximum absolute atomic E-state index is 12.5. The highest BCUT2D eigenvalue weighted by atomic mass is 79.9. The van der Waals surface area contributed by atoms with Crippen molar-refractivity contribution in [2.75, 3.05) is 14.2 Å². The van der Waals surface area contributed by atoms with Gasteiger partial charge in [-0.3, -0.25) is 4.79 Å². The number of carbonyl (C=O) groups is 2. The summed E-state index contributed by atoms with van der Waals surface area (Å²) < 4.78 is 12.9. The number of esters is 1. The third kappa shape index (κ3) is 3.89. The molecule has 1 N–H and O–H groups in total. The van der Waals surface area contributed by atoms with E-state index in [-0.39, 0.29) is 12.5 Å². The molecule has 0 aliphatic carbocycles. The molecule has 28 heavy (non-hydrogen) atoms. The standard InChI is InChI=1S/C21H21BrN2O4/c1-13-20(22)15-6-4-5-7-17(15)24(13)12-19(25)23-11-14-8-9-18(27-2)16(10-14)21(26)28-3/h4-10H,11-12H2,1-3H3,(H,23,25). The lowest BCUT2D eigenvalue weighted by Gasteiger charge is -2.11. The summed E-state index contributed by atoms with van der Waals surface area (Å²) >= 11 is 3.60. The first kappa shape index (κ1) is 19.9. The minimum Gasteiger partial charge on any atom is -0.496 e. The van der Waals surface area contributed by atoms with E-state index < -0.39 is 5.97 Å². The molecule has 0 fully saturated rings. The first-order valence-electron chi connectivity index (χ1n) is 8.71. The largest absolute Gasteiger partial charge is 0.496 e. The fourth-order valence-corrected chi connectivity index (χ4v) is 3.68. The van der Waals surface area contributed by atoms with Gasteiger partial charge in [0.05, 0.1) is 14.2 Å². The van der Waals surface area contributed by atoms with Gasteiger partial charge >= 0.3 is 5.97 Å². The molecule has 3 rings (SSSR count). The van der Waals surface area contributed by atoms with Crippen LogP contribution in [0.5, 0.6) is 5.75 Å². The first-order chi connectivity index (χ1) is 13.5. The number of carbonyl (C=O) groups excluding carboxylic acids is 2. The number of nitrogens with zero attached hydrogens (tertiary/aromatic N) is 1. The summed E-state index contributed by atoms with van der Waals surface area (Å²) in [6.07, 6.45) is 0. The minimum absolute atomic E-state index is 0.119. The van der Waals surface area contributed by atoms with Crippen molar-refractivity contribution in [1.82, 2.24) is 9.88 Å². The fraction of sp³-hybridized carbons (Fsp3) is 0.238. The van der Waals surface area contributed by atoms with Crippen molar-refractivity contribution in [1.29, 1.82) is 0 Å². The third-order valence-electron chi connectivity index (χ3n) is 4.61. The van der Waals surface area contributed by atoms with Crippen molar-refractivity contribution >= 4 is 38.7 Å². The van der Waals surface area contributed by atoms with Crippen molar-refractivity contribution in [2.45, 2.75) is 20.0 Å². The zero-order chi connectivity index (χ0) is 20.3. The number of fused-ring (bicyclic) bond motifs is 1. The van der Waals surface area contributed by atoms with E-state index >= 15 is 0 Å². The van der Waals surface area contributed by atoms with Crippen LogP contribution in [-0.2, 0) is 22.6 Å². The molecule has 0 atom stereocenters. The quantitative estimate of drug-likeness (QED) is 0.586. The Hall–Kier alpha value is -2.80. The number of para-hydroxylation sites is 1. The molecule has 0 unspecified atom stereocenters. The van der Waals surface area contributed by atoms with E-state index in [1.165, 1.54) is 14.2 Å². The van der Waals surface area contributed by atoms with Crippen LogP contribution in [-0.4, -0.2) is 30.7 Å². The summed E-state index contributed by atoms with van der Waals surface area (Å²) in [7, 11) is 2.81. The molecule has 2 aromatic carbocycles. The van der Waals surface area contributed by atoms with Crippen molar-refractivity contribution in [2.24, 2.45) is 0 Å². The number of nitrogens with one attached hydrogen (secondary N) is 1. The van der Waals surface area contributed by atoms with E-state index in [0.717, 1.165) is 26.6 Å². The van der Waals surface area contributed by atoms with Crippen LogP contribution in [0.1, 0.15) is 21.6 Å². The van der Waals surface area contributed by atoms with Crippen LogP contribution < -0.4 is 10.1 Å². The summed E-state index contributed by atoms with van der Waals surface area (Å²) in [4.78, 5) is 24.4. The molecule has 0 saturated heterocycles. The monoisotopic (exact) mass is 444 g/mol. The predicted octanol–water partition coefficient (Wildman–Crippen LogP) is 3.82. The minimum atomic E-state index is -0.482. The van der Waals surface area contributed by atoms with Crippen molar-refractivity contribution < 1.29 is 19.1 Å². The van der Waals surface area contributed by atoms with Crippen LogP contribution in [0.15, 0.2) is 46.9 Å². The second-order valence-electron chi connectivity index (χ2n) is 6.31. The van der Waals surface area contributed by atoms with E-state index in [2.05, 4.69) is 21.2 Å². The molecule has 1 amide bonds. The Morgan fingerprint density at radius 2 is 1.89 bits per heavy atom. The van der Waals surface area contributed by atoms with Gasteiger partial charge in [-0.25, -0.2) is 4.79 Å². The number of hydrogen-bond acceptors (Lipinski definition) is 4. The molecule has 7 heteroatoms. The molecule has 0 bridgehead atoms. The Bertz CT molecular complexity index is 1040. The van der Waals surface area contributed by atoms with Crippen LogP contribution in [0.4, 0.5) is 0 Å². The van der Waals surface area contributed by atoms with E-state index in [0.29, 0.717) is 17.9 Å². The van der Waals surface area contributed by atoms with Gasteiger partial charge in [0.15, 0.2) is 0 Å². The number of amides is 1. The summed E-state index contributed by atoms with van der Waals surface area (Å²) in [5, 5.41) is 3.98. The molecule has 0 saturated carbocycles. The fourth-order valence-electron chi connectivity index (χ4n) is 3.13. The van der Waals surface area contributed by atoms with Gasteiger partial charge in [0.2, 0.25) is 5.91 Å². The van der Waals surface area contributed by atoms with Crippen LogP contribution in [0, 0.1) is 6.92 Å². The van der Waals surface area contributed by atoms with Gasteiger partial charge in [-0.1, -0.05) is 24.3 Å².